The van der Waals surface area contributed by atoms with Gasteiger partial charge in [0.15, 0.2) is 0 Å². The molecular weight excluding hydrogens is 176 g/mol. The first-order chi connectivity index (χ1) is 6.92. The van der Waals surface area contributed by atoms with Gasteiger partial charge in [-0.3, -0.25) is 0 Å². The second kappa shape index (κ2) is 4.30. The van der Waals surface area contributed by atoms with E-state index in [1.807, 2.05) is 12.1 Å². The monoisotopic (exact) mass is 190 g/mol. The average Bonchev–Trinajstić information content (AvgIpc) is 2.74. The van der Waals surface area contributed by atoms with E-state index in [9.17, 15) is 0 Å². The molecule has 3 nitrogen and oxygen atoms in total. The highest BCUT2D eigenvalue weighted by Crippen LogP contribution is 2.28. The molecule has 14 heavy (non-hydrogen) atoms. The van der Waals surface area contributed by atoms with Gasteiger partial charge in [0.2, 0.25) is 0 Å². The number of hydrogen-bond acceptors (Lipinski definition) is 3. The molecule has 0 aromatic carbocycles. The van der Waals surface area contributed by atoms with Gasteiger partial charge in [-0.05, 0) is 44.0 Å². The highest BCUT2D eigenvalue weighted by molar-refractivity contribution is 5.16. The summed E-state index contributed by atoms with van der Waals surface area (Å²) in [4.78, 5) is 0. The Hall–Kier alpha value is -1.27. The summed E-state index contributed by atoms with van der Waals surface area (Å²) >= 11 is 0. The summed E-state index contributed by atoms with van der Waals surface area (Å²) < 4.78 is 5.29. The second-order valence-electron chi connectivity index (χ2n) is 3.73. The second-order valence-corrected chi connectivity index (χ2v) is 3.73. The standard InChI is InChI=1S/C11H14N2O/c12-7-10(11-4-2-6-14-11)9-3-1-5-13-8-9/h2,4,6,9-10,13H,1,3,5,8H2. The van der Waals surface area contributed by atoms with E-state index in [1.165, 1.54) is 0 Å². The number of rotatable bonds is 2. The molecule has 2 rings (SSSR count). The van der Waals surface area contributed by atoms with E-state index in [4.69, 9.17) is 9.68 Å². The third-order valence-corrected chi connectivity index (χ3v) is 2.80. The van der Waals surface area contributed by atoms with Crippen LogP contribution in [-0.4, -0.2) is 13.1 Å². The van der Waals surface area contributed by atoms with E-state index in [1.54, 1.807) is 6.26 Å². The quantitative estimate of drug-likeness (QED) is 0.774. The minimum Gasteiger partial charge on any atom is -0.468 e. The molecule has 0 amide bonds. The van der Waals surface area contributed by atoms with Crippen molar-refractivity contribution in [1.29, 1.82) is 5.26 Å². The van der Waals surface area contributed by atoms with E-state index in [0.29, 0.717) is 5.92 Å². The molecule has 1 aromatic rings. The van der Waals surface area contributed by atoms with Gasteiger partial charge in [0.25, 0.3) is 0 Å². The summed E-state index contributed by atoms with van der Waals surface area (Å²) in [6.07, 6.45) is 3.91. The molecular formula is C11H14N2O. The van der Waals surface area contributed by atoms with Crippen LogP contribution in [0.1, 0.15) is 24.5 Å². The van der Waals surface area contributed by atoms with E-state index < -0.39 is 0 Å². The van der Waals surface area contributed by atoms with Crippen molar-refractivity contribution in [3.8, 4) is 6.07 Å². The number of furan rings is 1. The first kappa shape index (κ1) is 9.29. The lowest BCUT2D eigenvalue weighted by Crippen LogP contribution is -2.32. The maximum Gasteiger partial charge on any atom is 0.121 e. The number of nitriles is 1. The zero-order valence-electron chi connectivity index (χ0n) is 8.07. The molecule has 2 atom stereocenters. The largest absolute Gasteiger partial charge is 0.468 e. The molecule has 1 aliphatic rings. The Balaban J connectivity index is 2.09. The smallest absolute Gasteiger partial charge is 0.121 e. The molecule has 0 bridgehead atoms. The molecule has 1 saturated heterocycles. The van der Waals surface area contributed by atoms with Crippen molar-refractivity contribution in [3.63, 3.8) is 0 Å². The maximum absolute atomic E-state index is 9.11. The Labute approximate surface area is 83.7 Å². The van der Waals surface area contributed by atoms with Crippen molar-refractivity contribution in [2.45, 2.75) is 18.8 Å². The predicted molar refractivity (Wildman–Crippen MR) is 52.7 cm³/mol. The van der Waals surface area contributed by atoms with Gasteiger partial charge in [-0.1, -0.05) is 0 Å². The van der Waals surface area contributed by atoms with Crippen LogP contribution < -0.4 is 5.32 Å². The highest BCUT2D eigenvalue weighted by Gasteiger charge is 2.26. The first-order valence-electron chi connectivity index (χ1n) is 5.05. The fraction of sp³-hybridized carbons (Fsp3) is 0.545. The fourth-order valence-electron chi connectivity index (χ4n) is 2.03. The predicted octanol–water partition coefficient (Wildman–Crippen LogP) is 1.89. The van der Waals surface area contributed by atoms with Crippen LogP contribution in [0.3, 0.4) is 0 Å². The maximum atomic E-state index is 9.11. The highest BCUT2D eigenvalue weighted by atomic mass is 16.3. The van der Waals surface area contributed by atoms with Gasteiger partial charge >= 0.3 is 0 Å². The summed E-state index contributed by atoms with van der Waals surface area (Å²) in [5.41, 5.74) is 0. The lowest BCUT2D eigenvalue weighted by Gasteiger charge is -2.25. The Kier molecular flexibility index (Phi) is 2.85. The Morgan fingerprint density at radius 2 is 2.57 bits per heavy atom. The van der Waals surface area contributed by atoms with E-state index in [-0.39, 0.29) is 5.92 Å². The van der Waals surface area contributed by atoms with Gasteiger partial charge in [0, 0.05) is 0 Å². The fourth-order valence-corrected chi connectivity index (χ4v) is 2.03. The van der Waals surface area contributed by atoms with Crippen LogP contribution in [0.4, 0.5) is 0 Å². The van der Waals surface area contributed by atoms with Gasteiger partial charge in [-0.15, -0.1) is 0 Å². The third-order valence-electron chi connectivity index (χ3n) is 2.80. The first-order valence-corrected chi connectivity index (χ1v) is 5.05. The van der Waals surface area contributed by atoms with Gasteiger partial charge < -0.3 is 9.73 Å². The summed E-state index contributed by atoms with van der Waals surface area (Å²) in [7, 11) is 0. The van der Waals surface area contributed by atoms with Crippen LogP contribution in [0.25, 0.3) is 0 Å². The number of nitrogens with zero attached hydrogens (tertiary/aromatic N) is 1. The Morgan fingerprint density at radius 1 is 1.64 bits per heavy atom. The molecule has 1 aliphatic heterocycles. The van der Waals surface area contributed by atoms with Crippen molar-refractivity contribution in [3.05, 3.63) is 24.2 Å². The van der Waals surface area contributed by atoms with Gasteiger partial charge in [0.05, 0.1) is 12.3 Å². The zero-order valence-corrected chi connectivity index (χ0v) is 8.07. The van der Waals surface area contributed by atoms with E-state index in [2.05, 4.69) is 11.4 Å². The third kappa shape index (κ3) is 1.80. The normalized spacial score (nSPS) is 24.1. The summed E-state index contributed by atoms with van der Waals surface area (Å²) in [6, 6.07) is 6.07. The average molecular weight is 190 g/mol. The molecule has 0 saturated carbocycles. The molecule has 3 heteroatoms. The summed E-state index contributed by atoms with van der Waals surface area (Å²) in [5, 5.41) is 12.4. The molecule has 1 N–H and O–H groups in total. The molecule has 0 spiro atoms. The van der Waals surface area contributed by atoms with Crippen LogP contribution in [0, 0.1) is 17.2 Å². The number of hydrogen-bond donors (Lipinski definition) is 1. The van der Waals surface area contributed by atoms with Gasteiger partial charge in [0.1, 0.15) is 11.7 Å². The minimum atomic E-state index is -0.0854. The zero-order chi connectivity index (χ0) is 9.80. The molecule has 2 unspecified atom stereocenters. The molecule has 74 valence electrons. The molecule has 2 heterocycles. The SMILES string of the molecule is N#CC(c1ccco1)C1CCCNC1. The van der Waals surface area contributed by atoms with Crippen molar-refractivity contribution >= 4 is 0 Å². The van der Waals surface area contributed by atoms with Gasteiger partial charge in [-0.2, -0.15) is 5.26 Å². The Bertz CT molecular complexity index is 307. The van der Waals surface area contributed by atoms with Crippen LogP contribution >= 0.6 is 0 Å². The van der Waals surface area contributed by atoms with Crippen molar-refractivity contribution in [1.82, 2.24) is 5.32 Å². The van der Waals surface area contributed by atoms with Crippen LogP contribution in [0.15, 0.2) is 22.8 Å². The lowest BCUT2D eigenvalue weighted by molar-refractivity contribution is 0.326. The topological polar surface area (TPSA) is 49.0 Å². The summed E-state index contributed by atoms with van der Waals surface area (Å²) in [5.74, 6) is 1.12. The van der Waals surface area contributed by atoms with Crippen LogP contribution in [-0.2, 0) is 0 Å². The number of piperidine rings is 1. The Morgan fingerprint density at radius 3 is 3.14 bits per heavy atom. The summed E-state index contributed by atoms with van der Waals surface area (Å²) in [6.45, 7) is 2.01. The van der Waals surface area contributed by atoms with Crippen molar-refractivity contribution in [2.24, 2.45) is 5.92 Å². The molecule has 0 radical (unpaired) electrons. The lowest BCUT2D eigenvalue weighted by atomic mass is 9.85. The number of nitrogens with one attached hydrogen (secondary N) is 1. The van der Waals surface area contributed by atoms with Crippen LogP contribution in [0.2, 0.25) is 0 Å². The molecule has 1 aromatic heterocycles. The van der Waals surface area contributed by atoms with Crippen molar-refractivity contribution < 1.29 is 4.42 Å². The van der Waals surface area contributed by atoms with Gasteiger partial charge in [-0.25, -0.2) is 0 Å². The van der Waals surface area contributed by atoms with Crippen molar-refractivity contribution in [2.75, 3.05) is 13.1 Å². The molecule has 0 aliphatic carbocycles. The van der Waals surface area contributed by atoms with E-state index in [0.717, 1.165) is 31.7 Å². The molecule has 1 fully saturated rings. The van der Waals surface area contributed by atoms with Crippen LogP contribution in [0.5, 0.6) is 0 Å². The van der Waals surface area contributed by atoms with E-state index >= 15 is 0 Å². The minimum absolute atomic E-state index is 0.0854.